The fourth-order valence-corrected chi connectivity index (χ4v) is 5.29. The van der Waals surface area contributed by atoms with Gasteiger partial charge in [-0.2, -0.15) is 5.10 Å². The topological polar surface area (TPSA) is 63.1 Å². The first kappa shape index (κ1) is 24.2. The third-order valence-corrected chi connectivity index (χ3v) is 7.30. The van der Waals surface area contributed by atoms with E-state index >= 15 is 0 Å². The van der Waals surface area contributed by atoms with Crippen LogP contribution in [0.15, 0.2) is 48.5 Å². The Hall–Kier alpha value is -3.51. The molecule has 4 aromatic rings. The van der Waals surface area contributed by atoms with Crippen molar-refractivity contribution in [3.05, 3.63) is 82.2 Å². The molecule has 1 aliphatic heterocycles. The summed E-state index contributed by atoms with van der Waals surface area (Å²) in [5.41, 5.74) is 9.42. The molecule has 0 saturated carbocycles. The summed E-state index contributed by atoms with van der Waals surface area (Å²) < 4.78 is 1.92. The molecule has 0 atom stereocenters. The Balaban J connectivity index is 1.28. The summed E-state index contributed by atoms with van der Waals surface area (Å²) in [5, 5.41) is 8.93. The molecule has 6 heteroatoms. The maximum atomic E-state index is 12.8. The van der Waals surface area contributed by atoms with Gasteiger partial charge in [-0.25, -0.2) is 9.67 Å². The first-order valence-corrected chi connectivity index (χ1v) is 12.9. The number of pyridine rings is 1. The number of amides is 1. The molecule has 36 heavy (non-hydrogen) atoms. The Bertz CT molecular complexity index is 1380. The summed E-state index contributed by atoms with van der Waals surface area (Å²) in [5.74, 6) is 0.0215. The molecule has 0 bridgehead atoms. The number of hydrogen-bond acceptors (Lipinski definition) is 4. The van der Waals surface area contributed by atoms with Crippen molar-refractivity contribution < 1.29 is 4.79 Å². The number of aryl methyl sites for hydroxylation is 4. The Morgan fingerprint density at radius 1 is 0.917 bits per heavy atom. The van der Waals surface area contributed by atoms with Crippen LogP contribution < -0.4 is 5.32 Å². The maximum absolute atomic E-state index is 12.8. The van der Waals surface area contributed by atoms with Gasteiger partial charge in [-0.1, -0.05) is 29.8 Å². The molecular weight excluding hydrogens is 446 g/mol. The quantitative estimate of drug-likeness (QED) is 0.361. The summed E-state index contributed by atoms with van der Waals surface area (Å²) in [6.45, 7) is 11.6. The van der Waals surface area contributed by atoms with Gasteiger partial charge in [0.1, 0.15) is 0 Å². The first-order chi connectivity index (χ1) is 17.4. The van der Waals surface area contributed by atoms with E-state index in [9.17, 15) is 4.79 Å². The minimum atomic E-state index is 0.0215. The van der Waals surface area contributed by atoms with Crippen LogP contribution >= 0.6 is 0 Å². The first-order valence-electron chi connectivity index (χ1n) is 12.9. The van der Waals surface area contributed by atoms with Crippen LogP contribution in [0.4, 0.5) is 5.69 Å². The lowest BCUT2D eigenvalue weighted by Gasteiger charge is -2.15. The molecular formula is C30H35N5O. The molecule has 2 aromatic heterocycles. The Morgan fingerprint density at radius 2 is 1.61 bits per heavy atom. The van der Waals surface area contributed by atoms with Gasteiger partial charge in [0.05, 0.1) is 11.4 Å². The van der Waals surface area contributed by atoms with Gasteiger partial charge in [-0.05, 0) is 101 Å². The number of rotatable bonds is 7. The number of likely N-dealkylation sites (tertiary alicyclic amines) is 1. The molecule has 2 aromatic carbocycles. The second-order valence-corrected chi connectivity index (χ2v) is 10.1. The lowest BCUT2D eigenvalue weighted by Crippen LogP contribution is -2.18. The van der Waals surface area contributed by atoms with Gasteiger partial charge in [0.15, 0.2) is 5.65 Å². The molecule has 0 spiro atoms. The summed E-state index contributed by atoms with van der Waals surface area (Å²) in [6, 6.07) is 16.6. The van der Waals surface area contributed by atoms with Gasteiger partial charge in [0, 0.05) is 29.7 Å². The summed E-state index contributed by atoms with van der Waals surface area (Å²) >= 11 is 0. The van der Waals surface area contributed by atoms with E-state index in [0.29, 0.717) is 12.8 Å². The van der Waals surface area contributed by atoms with E-state index in [0.717, 1.165) is 51.5 Å². The molecule has 0 aliphatic carbocycles. The monoisotopic (exact) mass is 481 g/mol. The van der Waals surface area contributed by atoms with Gasteiger partial charge in [-0.15, -0.1) is 0 Å². The van der Waals surface area contributed by atoms with Crippen LogP contribution in [0.3, 0.4) is 0 Å². The van der Waals surface area contributed by atoms with Crippen molar-refractivity contribution in [2.45, 2.75) is 59.9 Å². The lowest BCUT2D eigenvalue weighted by molar-refractivity contribution is -0.116. The van der Waals surface area contributed by atoms with Crippen LogP contribution in [-0.2, 0) is 17.8 Å². The number of carbonyl (C=O) groups excluding carboxylic acids is 1. The van der Waals surface area contributed by atoms with Crippen LogP contribution in [0.5, 0.6) is 0 Å². The lowest BCUT2D eigenvalue weighted by atomic mass is 9.99. The van der Waals surface area contributed by atoms with Crippen molar-refractivity contribution in [3.63, 3.8) is 0 Å². The van der Waals surface area contributed by atoms with Gasteiger partial charge in [0.2, 0.25) is 5.91 Å². The number of fused-ring (bicyclic) bond motifs is 1. The molecule has 3 heterocycles. The molecule has 1 saturated heterocycles. The number of nitrogens with one attached hydrogen (secondary N) is 1. The fourth-order valence-electron chi connectivity index (χ4n) is 5.29. The van der Waals surface area contributed by atoms with Crippen LogP contribution in [0.1, 0.15) is 52.9 Å². The molecule has 186 valence electrons. The van der Waals surface area contributed by atoms with E-state index in [-0.39, 0.29) is 5.91 Å². The second-order valence-electron chi connectivity index (χ2n) is 10.1. The molecule has 6 nitrogen and oxygen atoms in total. The van der Waals surface area contributed by atoms with Crippen LogP contribution in [0.25, 0.3) is 16.7 Å². The number of nitrogens with zero attached hydrogens (tertiary/aromatic N) is 4. The smallest absolute Gasteiger partial charge is 0.224 e. The van der Waals surface area contributed by atoms with E-state index in [1.807, 2.05) is 30.7 Å². The Kier molecular flexibility index (Phi) is 6.88. The van der Waals surface area contributed by atoms with Crippen LogP contribution in [0.2, 0.25) is 0 Å². The van der Waals surface area contributed by atoms with Crippen LogP contribution in [0, 0.1) is 27.7 Å². The second kappa shape index (κ2) is 10.2. The average Bonchev–Trinajstić information content (AvgIpc) is 3.48. The minimum absolute atomic E-state index is 0.0215. The van der Waals surface area contributed by atoms with E-state index in [1.54, 1.807) is 0 Å². The van der Waals surface area contributed by atoms with Gasteiger partial charge in [-0.3, -0.25) is 9.69 Å². The number of benzene rings is 2. The van der Waals surface area contributed by atoms with Gasteiger partial charge >= 0.3 is 0 Å². The molecule has 1 aliphatic rings. The third-order valence-electron chi connectivity index (χ3n) is 7.30. The number of hydrogen-bond donors (Lipinski definition) is 1. The number of aromatic nitrogens is 3. The predicted molar refractivity (Wildman–Crippen MR) is 146 cm³/mol. The van der Waals surface area contributed by atoms with Gasteiger partial charge < -0.3 is 5.32 Å². The molecule has 1 fully saturated rings. The van der Waals surface area contributed by atoms with Crippen LogP contribution in [-0.4, -0.2) is 38.7 Å². The zero-order valence-electron chi connectivity index (χ0n) is 21.8. The zero-order valence-corrected chi connectivity index (χ0v) is 21.8. The molecule has 0 unspecified atom stereocenters. The summed E-state index contributed by atoms with van der Waals surface area (Å²) in [4.78, 5) is 20.2. The highest BCUT2D eigenvalue weighted by Gasteiger charge is 2.18. The van der Waals surface area contributed by atoms with Crippen molar-refractivity contribution in [1.82, 2.24) is 19.7 Å². The van der Waals surface area contributed by atoms with E-state index in [2.05, 4.69) is 60.5 Å². The van der Waals surface area contributed by atoms with Crippen molar-refractivity contribution >= 4 is 22.6 Å². The van der Waals surface area contributed by atoms with E-state index in [1.165, 1.54) is 37.1 Å². The van der Waals surface area contributed by atoms with E-state index < -0.39 is 0 Å². The minimum Gasteiger partial charge on any atom is -0.326 e. The standard InChI is InChI=1S/C30H35N5O/c1-20-7-13-26(14-8-20)35-30-29(23(4)33-35)21(2)27(22(3)31-30)15-16-28(36)32-25-11-9-24(10-12-25)19-34-17-5-6-18-34/h7-14H,5-6,15-19H2,1-4H3,(H,32,36). The number of carbonyl (C=O) groups is 1. The molecule has 0 radical (unpaired) electrons. The van der Waals surface area contributed by atoms with Gasteiger partial charge in [0.25, 0.3) is 0 Å². The van der Waals surface area contributed by atoms with Crippen molar-refractivity contribution in [3.8, 4) is 5.69 Å². The zero-order chi connectivity index (χ0) is 25.2. The highest BCUT2D eigenvalue weighted by Crippen LogP contribution is 2.28. The molecule has 1 amide bonds. The number of anilines is 1. The highest BCUT2D eigenvalue weighted by molar-refractivity contribution is 5.91. The summed E-state index contributed by atoms with van der Waals surface area (Å²) in [6.07, 6.45) is 3.65. The largest absolute Gasteiger partial charge is 0.326 e. The average molecular weight is 482 g/mol. The van der Waals surface area contributed by atoms with Crippen molar-refractivity contribution in [2.24, 2.45) is 0 Å². The SMILES string of the molecule is Cc1ccc(-n2nc(C)c3c(C)c(CCC(=O)Nc4ccc(CN5CCCC5)cc4)c(C)nc32)cc1. The fraction of sp³-hybridized carbons (Fsp3) is 0.367. The highest BCUT2D eigenvalue weighted by atomic mass is 16.1. The maximum Gasteiger partial charge on any atom is 0.224 e. The Morgan fingerprint density at radius 3 is 2.31 bits per heavy atom. The molecule has 1 N–H and O–H groups in total. The molecule has 5 rings (SSSR count). The third kappa shape index (κ3) is 5.05. The normalized spacial score (nSPS) is 14.0. The van der Waals surface area contributed by atoms with Crippen molar-refractivity contribution in [1.29, 1.82) is 0 Å². The predicted octanol–water partition coefficient (Wildman–Crippen LogP) is 5.82. The van der Waals surface area contributed by atoms with E-state index in [4.69, 9.17) is 10.1 Å². The van der Waals surface area contributed by atoms with Crippen molar-refractivity contribution in [2.75, 3.05) is 18.4 Å². The Labute approximate surface area is 213 Å². The summed E-state index contributed by atoms with van der Waals surface area (Å²) in [7, 11) is 0.